The summed E-state index contributed by atoms with van der Waals surface area (Å²) in [6.45, 7) is 0.204. The van der Waals surface area contributed by atoms with Gasteiger partial charge in [0.2, 0.25) is 10.0 Å². The Balaban J connectivity index is 2.47. The quantitative estimate of drug-likeness (QED) is 0.664. The van der Waals surface area contributed by atoms with Crippen LogP contribution in [0.4, 0.5) is 5.69 Å². The van der Waals surface area contributed by atoms with Crippen LogP contribution in [0.3, 0.4) is 0 Å². The lowest BCUT2D eigenvalue weighted by Gasteiger charge is -2.30. The van der Waals surface area contributed by atoms with Crippen LogP contribution in [0.2, 0.25) is 0 Å². The number of phenolic OH excluding ortho intramolecular Hbond substituents is 1. The van der Waals surface area contributed by atoms with Crippen LogP contribution in [-0.2, 0) is 10.0 Å². The van der Waals surface area contributed by atoms with Gasteiger partial charge in [0.15, 0.2) is 5.75 Å². The molecule has 1 aliphatic rings. The Hall–Kier alpha value is -2.18. The molecule has 1 atom stereocenters. The number of aromatic hydroxyl groups is 1. The van der Waals surface area contributed by atoms with Crippen LogP contribution in [0.1, 0.15) is 19.3 Å². The normalized spacial score (nSPS) is 19.9. The largest absolute Gasteiger partial charge is 0.502 e. The highest BCUT2D eigenvalue weighted by molar-refractivity contribution is 7.89. The first-order valence-electron chi connectivity index (χ1n) is 6.27. The first-order chi connectivity index (χ1) is 9.87. The Labute approximate surface area is 121 Å². The standard InChI is InChI=1S/C12H13N3O5S/c13-8-9-3-1-2-6-14(9)21(19,20)10-4-5-12(16)11(7-10)15(17)18/h4-5,7,9,16H,1-3,6H2. The lowest BCUT2D eigenvalue weighted by atomic mass is 10.1. The SMILES string of the molecule is N#CC1CCCCN1S(=O)(=O)c1ccc(O)c([N+](=O)[O-])c1. The van der Waals surface area contributed by atoms with Crippen LogP contribution in [0.15, 0.2) is 23.1 Å². The Bertz CT molecular complexity index is 710. The number of benzene rings is 1. The molecule has 1 unspecified atom stereocenters. The summed E-state index contributed by atoms with van der Waals surface area (Å²) >= 11 is 0. The van der Waals surface area contributed by atoms with Gasteiger partial charge in [0, 0.05) is 12.6 Å². The predicted molar refractivity (Wildman–Crippen MR) is 71.9 cm³/mol. The zero-order valence-electron chi connectivity index (χ0n) is 11.0. The molecule has 0 saturated carbocycles. The number of nitro benzene ring substituents is 1. The van der Waals surface area contributed by atoms with E-state index in [1.807, 2.05) is 6.07 Å². The predicted octanol–water partition coefficient (Wildman–Crippen LogP) is 1.37. The van der Waals surface area contributed by atoms with Crippen molar-refractivity contribution in [3.05, 3.63) is 28.3 Å². The van der Waals surface area contributed by atoms with Gasteiger partial charge in [-0.15, -0.1) is 0 Å². The number of nitrogens with zero attached hydrogens (tertiary/aromatic N) is 3. The Morgan fingerprint density at radius 2 is 2.14 bits per heavy atom. The third-order valence-corrected chi connectivity index (χ3v) is 5.26. The van der Waals surface area contributed by atoms with Crippen molar-refractivity contribution in [3.63, 3.8) is 0 Å². The van der Waals surface area contributed by atoms with Crippen LogP contribution in [0, 0.1) is 21.4 Å². The number of nitro groups is 1. The van der Waals surface area contributed by atoms with E-state index < -0.39 is 32.4 Å². The van der Waals surface area contributed by atoms with Gasteiger partial charge >= 0.3 is 5.69 Å². The smallest absolute Gasteiger partial charge is 0.312 e. The zero-order chi connectivity index (χ0) is 15.6. The molecule has 1 aliphatic heterocycles. The monoisotopic (exact) mass is 311 g/mol. The van der Waals surface area contributed by atoms with E-state index in [1.165, 1.54) is 0 Å². The van der Waals surface area contributed by atoms with E-state index in [4.69, 9.17) is 5.26 Å². The average Bonchev–Trinajstić information content (AvgIpc) is 2.47. The van der Waals surface area contributed by atoms with Crippen LogP contribution in [-0.4, -0.2) is 35.3 Å². The number of sulfonamides is 1. The fourth-order valence-corrected chi connectivity index (χ4v) is 3.90. The molecule has 0 radical (unpaired) electrons. The summed E-state index contributed by atoms with van der Waals surface area (Å²) in [5.41, 5.74) is -0.679. The zero-order valence-corrected chi connectivity index (χ0v) is 11.8. The van der Waals surface area contributed by atoms with Crippen molar-refractivity contribution in [1.82, 2.24) is 4.31 Å². The highest BCUT2D eigenvalue weighted by atomic mass is 32.2. The minimum Gasteiger partial charge on any atom is -0.502 e. The summed E-state index contributed by atoms with van der Waals surface area (Å²) in [4.78, 5) is 9.63. The molecule has 8 nitrogen and oxygen atoms in total. The highest BCUT2D eigenvalue weighted by Crippen LogP contribution is 2.31. The molecule has 21 heavy (non-hydrogen) atoms. The number of piperidine rings is 1. The summed E-state index contributed by atoms with van der Waals surface area (Å²) in [7, 11) is -4.00. The fraction of sp³-hybridized carbons (Fsp3) is 0.417. The molecule has 0 aromatic heterocycles. The molecular formula is C12H13N3O5S. The minimum atomic E-state index is -4.00. The van der Waals surface area contributed by atoms with E-state index in [0.29, 0.717) is 12.8 Å². The molecular weight excluding hydrogens is 298 g/mol. The van der Waals surface area contributed by atoms with Crippen molar-refractivity contribution in [2.75, 3.05) is 6.54 Å². The van der Waals surface area contributed by atoms with Gasteiger partial charge in [-0.2, -0.15) is 9.57 Å². The van der Waals surface area contributed by atoms with Gasteiger partial charge in [-0.1, -0.05) is 0 Å². The summed E-state index contributed by atoms with van der Waals surface area (Å²) in [6.07, 6.45) is 1.84. The van der Waals surface area contributed by atoms with Crippen molar-refractivity contribution >= 4 is 15.7 Å². The molecule has 112 valence electrons. The average molecular weight is 311 g/mol. The number of nitriles is 1. The van der Waals surface area contributed by atoms with Crippen molar-refractivity contribution in [2.45, 2.75) is 30.2 Å². The maximum Gasteiger partial charge on any atom is 0.312 e. The van der Waals surface area contributed by atoms with E-state index in [9.17, 15) is 23.6 Å². The van der Waals surface area contributed by atoms with E-state index >= 15 is 0 Å². The second-order valence-corrected chi connectivity index (χ2v) is 6.55. The number of phenols is 1. The molecule has 1 heterocycles. The Morgan fingerprint density at radius 3 is 2.76 bits per heavy atom. The van der Waals surface area contributed by atoms with E-state index in [2.05, 4.69) is 0 Å². The van der Waals surface area contributed by atoms with Crippen molar-refractivity contribution < 1.29 is 18.4 Å². The maximum absolute atomic E-state index is 12.5. The Kier molecular flexibility index (Phi) is 4.11. The van der Waals surface area contributed by atoms with Gasteiger partial charge in [-0.3, -0.25) is 10.1 Å². The van der Waals surface area contributed by atoms with Crippen LogP contribution in [0.5, 0.6) is 5.75 Å². The van der Waals surface area contributed by atoms with Crippen LogP contribution >= 0.6 is 0 Å². The first kappa shape index (κ1) is 15.2. The lowest BCUT2D eigenvalue weighted by molar-refractivity contribution is -0.386. The van der Waals surface area contributed by atoms with Crippen molar-refractivity contribution in [2.24, 2.45) is 0 Å². The topological polar surface area (TPSA) is 125 Å². The summed E-state index contributed by atoms with van der Waals surface area (Å²) in [5, 5.41) is 29.2. The molecule has 0 amide bonds. The Morgan fingerprint density at radius 1 is 1.43 bits per heavy atom. The van der Waals surface area contributed by atoms with Crippen LogP contribution in [0.25, 0.3) is 0 Å². The third kappa shape index (κ3) is 2.81. The molecule has 0 aliphatic carbocycles. The minimum absolute atomic E-state index is 0.204. The second-order valence-electron chi connectivity index (χ2n) is 4.66. The molecule has 0 spiro atoms. The molecule has 1 aromatic rings. The molecule has 1 aromatic carbocycles. The van der Waals surface area contributed by atoms with Crippen molar-refractivity contribution in [3.8, 4) is 11.8 Å². The summed E-state index contributed by atoms with van der Waals surface area (Å²) in [5.74, 6) is -0.602. The number of hydrogen-bond acceptors (Lipinski definition) is 6. The molecule has 1 fully saturated rings. The maximum atomic E-state index is 12.5. The molecule has 0 bridgehead atoms. The molecule has 1 saturated heterocycles. The van der Waals surface area contributed by atoms with Gasteiger partial charge in [0.05, 0.1) is 15.9 Å². The van der Waals surface area contributed by atoms with E-state index in [1.54, 1.807) is 0 Å². The van der Waals surface area contributed by atoms with Gasteiger partial charge in [-0.25, -0.2) is 8.42 Å². The van der Waals surface area contributed by atoms with Gasteiger partial charge in [-0.05, 0) is 31.4 Å². The highest BCUT2D eigenvalue weighted by Gasteiger charge is 2.34. The number of rotatable bonds is 3. The first-order valence-corrected chi connectivity index (χ1v) is 7.71. The van der Waals surface area contributed by atoms with Gasteiger partial charge < -0.3 is 5.11 Å². The lowest BCUT2D eigenvalue weighted by Crippen LogP contribution is -2.42. The molecule has 2 rings (SSSR count). The second kappa shape index (κ2) is 5.67. The van der Waals surface area contributed by atoms with Crippen LogP contribution < -0.4 is 0 Å². The van der Waals surface area contributed by atoms with Gasteiger partial charge in [0.25, 0.3) is 0 Å². The third-order valence-electron chi connectivity index (χ3n) is 3.35. The summed E-state index contributed by atoms with van der Waals surface area (Å²) < 4.78 is 26.1. The van der Waals surface area contributed by atoms with Gasteiger partial charge in [0.1, 0.15) is 6.04 Å². The molecule has 1 N–H and O–H groups in total. The van der Waals surface area contributed by atoms with E-state index in [-0.39, 0.29) is 11.4 Å². The number of hydrogen-bond donors (Lipinski definition) is 1. The summed E-state index contributed by atoms with van der Waals surface area (Å²) in [6, 6.07) is 4.05. The van der Waals surface area contributed by atoms with Crippen molar-refractivity contribution in [1.29, 1.82) is 5.26 Å². The molecule has 9 heteroatoms. The fourth-order valence-electron chi connectivity index (χ4n) is 2.27. The van der Waals surface area contributed by atoms with E-state index in [0.717, 1.165) is 28.9 Å².